The van der Waals surface area contributed by atoms with E-state index >= 15 is 0 Å². The highest BCUT2D eigenvalue weighted by molar-refractivity contribution is 6.30. The van der Waals surface area contributed by atoms with Gasteiger partial charge in [-0.05, 0) is 61.7 Å². The molecule has 0 aliphatic rings. The fourth-order valence-corrected chi connectivity index (χ4v) is 2.80. The minimum Gasteiger partial charge on any atom is -0.490 e. The number of ether oxygens (including phenoxy) is 3. The van der Waals surface area contributed by atoms with E-state index in [1.54, 1.807) is 0 Å². The normalized spacial score (nSPS) is 10.8. The average Bonchev–Trinajstić information content (AvgIpc) is 2.71. The molecule has 0 aromatic heterocycles. The Morgan fingerprint density at radius 3 is 2.36 bits per heavy atom. The van der Waals surface area contributed by atoms with Crippen LogP contribution in [0.4, 0.5) is 0 Å². The molecule has 0 aliphatic heterocycles. The minimum absolute atomic E-state index is 0.479. The fraction of sp³-hybridized carbons (Fsp3) is 0.478. The highest BCUT2D eigenvalue weighted by atomic mass is 35.5. The summed E-state index contributed by atoms with van der Waals surface area (Å²) in [7, 11) is 0. The highest BCUT2D eigenvalue weighted by Crippen LogP contribution is 2.29. The van der Waals surface area contributed by atoms with Gasteiger partial charge >= 0.3 is 0 Å². The molecule has 5 heteroatoms. The molecular weight excluding hydrogens is 374 g/mol. The maximum Gasteiger partial charge on any atom is 0.161 e. The first-order valence-electron chi connectivity index (χ1n) is 10.1. The van der Waals surface area contributed by atoms with Crippen LogP contribution >= 0.6 is 11.6 Å². The topological polar surface area (TPSA) is 39.7 Å². The second-order valence-electron chi connectivity index (χ2n) is 6.63. The summed E-state index contributed by atoms with van der Waals surface area (Å²) in [4.78, 5) is 0. The summed E-state index contributed by atoms with van der Waals surface area (Å²) in [6.07, 6.45) is 3.34. The van der Waals surface area contributed by atoms with Crippen LogP contribution in [-0.2, 0) is 17.9 Å². The van der Waals surface area contributed by atoms with Crippen LogP contribution in [0.3, 0.4) is 0 Å². The van der Waals surface area contributed by atoms with Crippen molar-refractivity contribution in [1.82, 2.24) is 5.32 Å². The van der Waals surface area contributed by atoms with Crippen LogP contribution in [0.2, 0.25) is 5.02 Å². The number of hydrogen-bond donors (Lipinski definition) is 1. The zero-order chi connectivity index (χ0) is 20.0. The van der Waals surface area contributed by atoms with Gasteiger partial charge < -0.3 is 19.5 Å². The maximum absolute atomic E-state index is 5.96. The van der Waals surface area contributed by atoms with Gasteiger partial charge in [0.25, 0.3) is 0 Å². The number of hydrogen-bond acceptors (Lipinski definition) is 4. The molecule has 2 aromatic rings. The Balaban J connectivity index is 1.79. The van der Waals surface area contributed by atoms with E-state index in [1.165, 1.54) is 12.0 Å². The summed E-state index contributed by atoms with van der Waals surface area (Å²) in [6, 6.07) is 13.8. The SMILES string of the molecule is CCCCOCCCNCc1ccc(OCc2ccc(Cl)cc2)c(OCC)c1. The van der Waals surface area contributed by atoms with Crippen molar-refractivity contribution in [3.05, 3.63) is 58.6 Å². The van der Waals surface area contributed by atoms with Gasteiger partial charge in [0.05, 0.1) is 6.61 Å². The molecule has 0 radical (unpaired) electrons. The van der Waals surface area contributed by atoms with Gasteiger partial charge in [0.2, 0.25) is 0 Å². The summed E-state index contributed by atoms with van der Waals surface area (Å²) in [5, 5.41) is 4.18. The molecule has 0 bridgehead atoms. The lowest BCUT2D eigenvalue weighted by Gasteiger charge is -2.14. The van der Waals surface area contributed by atoms with Crippen LogP contribution < -0.4 is 14.8 Å². The van der Waals surface area contributed by atoms with Gasteiger partial charge in [0.15, 0.2) is 11.5 Å². The number of halogens is 1. The lowest BCUT2D eigenvalue weighted by atomic mass is 10.2. The molecule has 2 rings (SSSR count). The smallest absolute Gasteiger partial charge is 0.161 e. The number of unbranched alkanes of at least 4 members (excludes halogenated alkanes) is 1. The molecule has 1 N–H and O–H groups in total. The lowest BCUT2D eigenvalue weighted by molar-refractivity contribution is 0.129. The number of benzene rings is 2. The van der Waals surface area contributed by atoms with Crippen LogP contribution in [0, 0.1) is 0 Å². The third-order valence-electron chi connectivity index (χ3n) is 4.23. The second kappa shape index (κ2) is 13.4. The van der Waals surface area contributed by atoms with Crippen LogP contribution in [0.5, 0.6) is 11.5 Å². The second-order valence-corrected chi connectivity index (χ2v) is 7.06. The number of nitrogens with one attached hydrogen (secondary N) is 1. The van der Waals surface area contributed by atoms with Crippen molar-refractivity contribution in [2.24, 2.45) is 0 Å². The third-order valence-corrected chi connectivity index (χ3v) is 4.48. The van der Waals surface area contributed by atoms with Gasteiger partial charge in [-0.15, -0.1) is 0 Å². The lowest BCUT2D eigenvalue weighted by Crippen LogP contribution is -2.16. The van der Waals surface area contributed by atoms with Crippen molar-refractivity contribution < 1.29 is 14.2 Å². The predicted octanol–water partition coefficient (Wildman–Crippen LogP) is 5.61. The van der Waals surface area contributed by atoms with E-state index in [9.17, 15) is 0 Å². The van der Waals surface area contributed by atoms with Gasteiger partial charge in [-0.1, -0.05) is 43.1 Å². The summed E-state index contributed by atoms with van der Waals surface area (Å²) >= 11 is 5.93. The molecule has 0 heterocycles. The highest BCUT2D eigenvalue weighted by Gasteiger charge is 2.07. The van der Waals surface area contributed by atoms with E-state index in [0.717, 1.165) is 61.2 Å². The quantitative estimate of drug-likeness (QED) is 0.414. The molecule has 0 amide bonds. The van der Waals surface area contributed by atoms with E-state index in [4.69, 9.17) is 25.8 Å². The Bertz CT molecular complexity index is 676. The van der Waals surface area contributed by atoms with Gasteiger partial charge in [0.1, 0.15) is 6.61 Å². The molecule has 0 atom stereocenters. The van der Waals surface area contributed by atoms with Crippen molar-refractivity contribution >= 4 is 11.6 Å². The van der Waals surface area contributed by atoms with Crippen molar-refractivity contribution in [1.29, 1.82) is 0 Å². The van der Waals surface area contributed by atoms with Gasteiger partial charge in [0, 0.05) is 24.8 Å². The monoisotopic (exact) mass is 405 g/mol. The molecule has 0 fully saturated rings. The minimum atomic E-state index is 0.479. The van der Waals surface area contributed by atoms with E-state index < -0.39 is 0 Å². The Morgan fingerprint density at radius 2 is 1.61 bits per heavy atom. The molecular formula is C23H32ClNO3. The van der Waals surface area contributed by atoms with Crippen LogP contribution in [0.15, 0.2) is 42.5 Å². The van der Waals surface area contributed by atoms with E-state index in [2.05, 4.69) is 18.3 Å². The molecule has 28 heavy (non-hydrogen) atoms. The Labute approximate surface area is 174 Å². The summed E-state index contributed by atoms with van der Waals surface area (Å²) < 4.78 is 17.3. The van der Waals surface area contributed by atoms with E-state index in [1.807, 2.05) is 43.3 Å². The first-order chi connectivity index (χ1) is 13.7. The first kappa shape index (κ1) is 22.5. The van der Waals surface area contributed by atoms with Gasteiger partial charge in [-0.3, -0.25) is 0 Å². The predicted molar refractivity (Wildman–Crippen MR) is 115 cm³/mol. The van der Waals surface area contributed by atoms with Crippen molar-refractivity contribution in [2.45, 2.75) is 46.3 Å². The van der Waals surface area contributed by atoms with Crippen LogP contribution in [0.1, 0.15) is 44.2 Å². The van der Waals surface area contributed by atoms with Crippen molar-refractivity contribution in [2.75, 3.05) is 26.4 Å². The van der Waals surface area contributed by atoms with Crippen LogP contribution in [0.25, 0.3) is 0 Å². The first-order valence-corrected chi connectivity index (χ1v) is 10.5. The van der Waals surface area contributed by atoms with Crippen molar-refractivity contribution in [3.63, 3.8) is 0 Å². The summed E-state index contributed by atoms with van der Waals surface area (Å²) in [5.41, 5.74) is 2.24. The van der Waals surface area contributed by atoms with Gasteiger partial charge in [-0.25, -0.2) is 0 Å². The molecule has 0 spiro atoms. The molecule has 0 saturated heterocycles. The zero-order valence-electron chi connectivity index (χ0n) is 17.0. The number of rotatable bonds is 14. The fourth-order valence-electron chi connectivity index (χ4n) is 2.67. The van der Waals surface area contributed by atoms with E-state index in [-0.39, 0.29) is 0 Å². The van der Waals surface area contributed by atoms with Crippen molar-refractivity contribution in [3.8, 4) is 11.5 Å². The molecule has 0 unspecified atom stereocenters. The Kier molecular flexibility index (Phi) is 10.8. The zero-order valence-corrected chi connectivity index (χ0v) is 17.8. The maximum atomic E-state index is 5.96. The average molecular weight is 406 g/mol. The molecule has 0 aliphatic carbocycles. The Hall–Kier alpha value is -1.75. The molecule has 4 nitrogen and oxygen atoms in total. The van der Waals surface area contributed by atoms with E-state index in [0.29, 0.717) is 13.2 Å². The molecule has 2 aromatic carbocycles. The summed E-state index contributed by atoms with van der Waals surface area (Å²) in [6.45, 7) is 8.65. The third kappa shape index (κ3) is 8.51. The van der Waals surface area contributed by atoms with Crippen LogP contribution in [-0.4, -0.2) is 26.4 Å². The largest absolute Gasteiger partial charge is 0.490 e. The van der Waals surface area contributed by atoms with Gasteiger partial charge in [-0.2, -0.15) is 0 Å². The molecule has 0 saturated carbocycles. The summed E-state index contributed by atoms with van der Waals surface area (Å²) in [5.74, 6) is 1.53. The molecule has 154 valence electrons. The standard InChI is InChI=1S/C23H32ClNO3/c1-3-5-14-26-15-6-13-25-17-20-9-12-22(23(16-20)27-4-2)28-18-19-7-10-21(24)11-8-19/h7-12,16,25H,3-6,13-15,17-18H2,1-2H3. The Morgan fingerprint density at radius 1 is 0.857 bits per heavy atom.